The lowest BCUT2D eigenvalue weighted by Gasteiger charge is -2.13. The van der Waals surface area contributed by atoms with E-state index in [1.807, 2.05) is 36.4 Å². The summed E-state index contributed by atoms with van der Waals surface area (Å²) in [6.45, 7) is 3.98. The second kappa shape index (κ2) is 12.0. The molecule has 0 bridgehead atoms. The molecule has 1 amide bonds. The number of methoxy groups -OCH3 is 1. The maximum Gasteiger partial charge on any atom is 0.338 e. The number of ether oxygens (including phenoxy) is 3. The van der Waals surface area contributed by atoms with Gasteiger partial charge in [-0.15, -0.1) is 0 Å². The number of carbonyl (C=O) groups is 2. The van der Waals surface area contributed by atoms with E-state index in [2.05, 4.69) is 21.2 Å². The first-order chi connectivity index (χ1) is 16.4. The van der Waals surface area contributed by atoms with Gasteiger partial charge in [-0.2, -0.15) is 0 Å². The monoisotopic (exact) mass is 523 g/mol. The number of rotatable bonds is 9. The maximum atomic E-state index is 12.4. The van der Waals surface area contributed by atoms with Crippen LogP contribution in [0.1, 0.15) is 35.3 Å². The number of benzene rings is 3. The van der Waals surface area contributed by atoms with Gasteiger partial charge < -0.3 is 19.5 Å². The minimum atomic E-state index is -0.400. The van der Waals surface area contributed by atoms with E-state index in [9.17, 15) is 9.59 Å². The Labute approximate surface area is 207 Å². The van der Waals surface area contributed by atoms with Gasteiger partial charge in [-0.25, -0.2) is 4.79 Å². The first-order valence-corrected chi connectivity index (χ1v) is 11.5. The molecule has 0 aliphatic rings. The Bertz CT molecular complexity index is 1160. The third-order valence-corrected chi connectivity index (χ3v) is 5.22. The summed E-state index contributed by atoms with van der Waals surface area (Å²) in [6.07, 6.45) is 2.91. The molecule has 3 rings (SSSR count). The van der Waals surface area contributed by atoms with E-state index in [4.69, 9.17) is 14.2 Å². The van der Waals surface area contributed by atoms with Crippen LogP contribution in [-0.2, 0) is 16.1 Å². The van der Waals surface area contributed by atoms with E-state index in [0.29, 0.717) is 33.8 Å². The van der Waals surface area contributed by atoms with Gasteiger partial charge in [-0.05, 0) is 83.4 Å². The lowest BCUT2D eigenvalue weighted by atomic mass is 10.1. The second-order valence-electron chi connectivity index (χ2n) is 7.66. The van der Waals surface area contributed by atoms with Crippen LogP contribution in [0.15, 0.2) is 77.3 Å². The highest BCUT2D eigenvalue weighted by atomic mass is 79.9. The van der Waals surface area contributed by atoms with E-state index in [0.717, 1.165) is 11.1 Å². The first-order valence-electron chi connectivity index (χ1n) is 10.7. The Balaban J connectivity index is 1.63. The van der Waals surface area contributed by atoms with Crippen LogP contribution in [0, 0.1) is 0 Å². The zero-order valence-corrected chi connectivity index (χ0v) is 20.8. The van der Waals surface area contributed by atoms with Gasteiger partial charge in [-0.3, -0.25) is 4.79 Å². The van der Waals surface area contributed by atoms with E-state index in [1.165, 1.54) is 6.08 Å². The van der Waals surface area contributed by atoms with E-state index in [-0.39, 0.29) is 12.0 Å². The summed E-state index contributed by atoms with van der Waals surface area (Å²) in [6, 6.07) is 20.0. The van der Waals surface area contributed by atoms with Crippen LogP contribution in [0.3, 0.4) is 0 Å². The van der Waals surface area contributed by atoms with Crippen LogP contribution in [-0.4, -0.2) is 25.1 Å². The number of anilines is 1. The van der Waals surface area contributed by atoms with Crippen LogP contribution in [0.5, 0.6) is 11.5 Å². The van der Waals surface area contributed by atoms with Gasteiger partial charge >= 0.3 is 5.97 Å². The molecule has 0 aliphatic heterocycles. The molecule has 34 heavy (non-hydrogen) atoms. The van der Waals surface area contributed by atoms with Gasteiger partial charge in [0.05, 0.1) is 23.2 Å². The fourth-order valence-electron chi connectivity index (χ4n) is 3.03. The predicted octanol–water partition coefficient (Wildman–Crippen LogP) is 6.25. The molecule has 0 saturated carbocycles. The minimum absolute atomic E-state index is 0.194. The van der Waals surface area contributed by atoms with Crippen LogP contribution in [0.4, 0.5) is 5.69 Å². The fourth-order valence-corrected chi connectivity index (χ4v) is 3.61. The number of amides is 1. The summed E-state index contributed by atoms with van der Waals surface area (Å²) < 4.78 is 17.3. The van der Waals surface area contributed by atoms with Gasteiger partial charge in [0.1, 0.15) is 6.61 Å². The van der Waals surface area contributed by atoms with Crippen molar-refractivity contribution in [3.63, 3.8) is 0 Å². The van der Waals surface area contributed by atoms with Crippen molar-refractivity contribution in [2.24, 2.45) is 0 Å². The third-order valence-electron chi connectivity index (χ3n) is 4.64. The lowest BCUT2D eigenvalue weighted by molar-refractivity contribution is -0.111. The third kappa shape index (κ3) is 7.22. The summed E-state index contributed by atoms with van der Waals surface area (Å²) in [7, 11) is 1.57. The van der Waals surface area contributed by atoms with E-state index >= 15 is 0 Å². The molecule has 6 nitrogen and oxygen atoms in total. The second-order valence-corrected chi connectivity index (χ2v) is 8.52. The Hall–Kier alpha value is -3.58. The number of esters is 1. The molecule has 176 valence electrons. The Morgan fingerprint density at radius 3 is 2.38 bits per heavy atom. The van der Waals surface area contributed by atoms with Gasteiger partial charge in [0, 0.05) is 11.8 Å². The molecule has 0 radical (unpaired) electrons. The molecule has 0 aliphatic carbocycles. The average molecular weight is 524 g/mol. The predicted molar refractivity (Wildman–Crippen MR) is 136 cm³/mol. The Kier molecular flexibility index (Phi) is 8.87. The van der Waals surface area contributed by atoms with Crippen LogP contribution in [0.2, 0.25) is 0 Å². The normalized spacial score (nSPS) is 10.9. The molecular formula is C27H26BrNO5. The molecule has 0 spiro atoms. The summed E-state index contributed by atoms with van der Waals surface area (Å²) >= 11 is 3.53. The Morgan fingerprint density at radius 2 is 1.74 bits per heavy atom. The number of hydrogen-bond acceptors (Lipinski definition) is 5. The molecule has 0 atom stereocenters. The van der Waals surface area contributed by atoms with Crippen molar-refractivity contribution >= 4 is 39.6 Å². The van der Waals surface area contributed by atoms with Gasteiger partial charge in [0.15, 0.2) is 11.5 Å². The summed E-state index contributed by atoms with van der Waals surface area (Å²) in [4.78, 5) is 24.3. The zero-order chi connectivity index (χ0) is 24.5. The fraction of sp³-hybridized carbons (Fsp3) is 0.185. The van der Waals surface area contributed by atoms with Gasteiger partial charge in [-0.1, -0.05) is 30.3 Å². The minimum Gasteiger partial charge on any atom is -0.493 e. The Morgan fingerprint density at radius 1 is 1.03 bits per heavy atom. The molecule has 1 N–H and O–H groups in total. The van der Waals surface area contributed by atoms with Crippen LogP contribution >= 0.6 is 15.9 Å². The van der Waals surface area contributed by atoms with Crippen LogP contribution in [0.25, 0.3) is 6.08 Å². The lowest BCUT2D eigenvalue weighted by Crippen LogP contribution is -2.12. The molecular weight excluding hydrogens is 498 g/mol. The molecule has 0 fully saturated rings. The van der Waals surface area contributed by atoms with Crippen molar-refractivity contribution in [2.75, 3.05) is 12.4 Å². The van der Waals surface area contributed by atoms with Crippen molar-refractivity contribution in [2.45, 2.75) is 26.6 Å². The maximum absolute atomic E-state index is 12.4. The van der Waals surface area contributed by atoms with Gasteiger partial charge in [0.25, 0.3) is 0 Å². The summed E-state index contributed by atoms with van der Waals surface area (Å²) in [5, 5.41) is 2.77. The van der Waals surface area contributed by atoms with Crippen molar-refractivity contribution in [1.82, 2.24) is 0 Å². The number of carbonyl (C=O) groups excluding carboxylic acids is 2. The molecule has 0 unspecified atom stereocenters. The number of nitrogens with one attached hydrogen (secondary N) is 1. The highest BCUT2D eigenvalue weighted by Crippen LogP contribution is 2.37. The zero-order valence-electron chi connectivity index (χ0n) is 19.2. The van der Waals surface area contributed by atoms with Crippen molar-refractivity contribution in [1.29, 1.82) is 0 Å². The van der Waals surface area contributed by atoms with Crippen molar-refractivity contribution in [3.8, 4) is 11.5 Å². The largest absolute Gasteiger partial charge is 0.493 e. The smallest absolute Gasteiger partial charge is 0.338 e. The summed E-state index contributed by atoms with van der Waals surface area (Å²) in [5.41, 5.74) is 2.80. The molecule has 0 saturated heterocycles. The average Bonchev–Trinajstić information content (AvgIpc) is 2.82. The van der Waals surface area contributed by atoms with Crippen LogP contribution < -0.4 is 14.8 Å². The number of halogens is 1. The first kappa shape index (κ1) is 25.1. The van der Waals surface area contributed by atoms with Gasteiger partial charge in [0.2, 0.25) is 5.91 Å². The SMILES string of the molecule is COc1cc(/C=C/C(=O)Nc2ccc(C(=O)OC(C)C)cc2)cc(Br)c1OCc1ccccc1. The quantitative estimate of drug-likeness (QED) is 0.265. The molecule has 3 aromatic carbocycles. The van der Waals surface area contributed by atoms with Crippen molar-refractivity contribution < 1.29 is 23.8 Å². The topological polar surface area (TPSA) is 73.9 Å². The van der Waals surface area contributed by atoms with E-state index in [1.54, 1.807) is 57.4 Å². The highest BCUT2D eigenvalue weighted by molar-refractivity contribution is 9.10. The number of hydrogen-bond donors (Lipinski definition) is 1. The molecule has 0 aromatic heterocycles. The molecule has 7 heteroatoms. The molecule has 3 aromatic rings. The molecule has 0 heterocycles. The van der Waals surface area contributed by atoms with Crippen molar-refractivity contribution in [3.05, 3.63) is 94.0 Å². The summed E-state index contributed by atoms with van der Waals surface area (Å²) in [5.74, 6) is 0.429. The highest BCUT2D eigenvalue weighted by Gasteiger charge is 2.12. The van der Waals surface area contributed by atoms with E-state index < -0.39 is 5.97 Å². The standard InChI is InChI=1S/C27H26BrNO5/c1-18(2)34-27(31)21-10-12-22(13-11-21)29-25(30)14-9-20-15-23(28)26(24(16-20)32-3)33-17-19-7-5-4-6-8-19/h4-16,18H,17H2,1-3H3,(H,29,30)/b14-9+.